The third-order valence-electron chi connectivity index (χ3n) is 2.19. The van der Waals surface area contributed by atoms with Crippen LogP contribution >= 0.6 is 0 Å². The second kappa shape index (κ2) is 7.15. The number of carboxylic acids is 1. The highest BCUT2D eigenvalue weighted by molar-refractivity contribution is 5.84. The van der Waals surface area contributed by atoms with Gasteiger partial charge >= 0.3 is 5.97 Å². The van der Waals surface area contributed by atoms with Gasteiger partial charge in [0, 0.05) is 12.6 Å². The molecule has 6 nitrogen and oxygen atoms in total. The first-order chi connectivity index (χ1) is 9.02. The molecule has 1 aromatic rings. The van der Waals surface area contributed by atoms with Crippen molar-refractivity contribution in [3.05, 3.63) is 30.1 Å². The topological polar surface area (TPSA) is 88.5 Å². The summed E-state index contributed by atoms with van der Waals surface area (Å²) in [4.78, 5) is 25.8. The third kappa shape index (κ3) is 5.20. The predicted molar refractivity (Wildman–Crippen MR) is 69.7 cm³/mol. The number of hydrogen-bond acceptors (Lipinski definition) is 4. The van der Waals surface area contributed by atoms with Crippen LogP contribution in [0.25, 0.3) is 6.08 Å². The molecule has 102 valence electrons. The molecule has 19 heavy (non-hydrogen) atoms. The van der Waals surface area contributed by atoms with Crippen LogP contribution in [0.3, 0.4) is 0 Å². The number of aliphatic carboxylic acids is 1. The third-order valence-corrected chi connectivity index (χ3v) is 2.19. The van der Waals surface area contributed by atoms with E-state index in [1.165, 1.54) is 12.3 Å². The maximum atomic E-state index is 11.5. The fraction of sp³-hybridized carbons (Fsp3) is 0.308. The summed E-state index contributed by atoms with van der Waals surface area (Å²) >= 11 is 0. The summed E-state index contributed by atoms with van der Waals surface area (Å²) in [5.74, 6) is -0.782. The summed E-state index contributed by atoms with van der Waals surface area (Å²) in [6.07, 6.45) is 3.21. The number of ether oxygens (including phenoxy) is 1. The van der Waals surface area contributed by atoms with Crippen molar-refractivity contribution in [3.8, 4) is 5.75 Å². The zero-order chi connectivity index (χ0) is 14.3. The van der Waals surface area contributed by atoms with E-state index in [9.17, 15) is 9.59 Å². The van der Waals surface area contributed by atoms with Crippen LogP contribution in [-0.2, 0) is 9.59 Å². The maximum absolute atomic E-state index is 11.5. The lowest BCUT2D eigenvalue weighted by Gasteiger charge is -2.13. The molecule has 0 saturated carbocycles. The molecule has 0 fully saturated rings. The number of likely N-dealkylation sites (N-methyl/N-ethyl adjacent to an activating group) is 1. The predicted octanol–water partition coefficient (Wildman–Crippen LogP) is 1.08. The molecule has 1 heterocycles. The molecule has 0 aliphatic carbocycles. The first-order valence-electron chi connectivity index (χ1n) is 5.84. The first kappa shape index (κ1) is 14.7. The lowest BCUT2D eigenvalue weighted by Crippen LogP contribution is -2.36. The minimum atomic E-state index is -1.04. The van der Waals surface area contributed by atoms with Gasteiger partial charge in [0.2, 0.25) is 0 Å². The van der Waals surface area contributed by atoms with Crippen molar-refractivity contribution in [2.24, 2.45) is 0 Å². The molecule has 1 unspecified atom stereocenters. The van der Waals surface area contributed by atoms with E-state index in [0.29, 0.717) is 18.0 Å². The van der Waals surface area contributed by atoms with E-state index in [2.05, 4.69) is 10.3 Å². The molecule has 2 N–H and O–H groups in total. The molecule has 0 saturated heterocycles. The van der Waals surface area contributed by atoms with E-state index >= 15 is 0 Å². The van der Waals surface area contributed by atoms with Crippen LogP contribution in [0, 0.1) is 0 Å². The molecule has 0 aromatic carbocycles. The van der Waals surface area contributed by atoms with Gasteiger partial charge in [-0.2, -0.15) is 0 Å². The zero-order valence-corrected chi connectivity index (χ0v) is 10.8. The van der Waals surface area contributed by atoms with Crippen molar-refractivity contribution >= 4 is 18.0 Å². The summed E-state index contributed by atoms with van der Waals surface area (Å²) in [6, 6.07) is 3.24. The highest BCUT2D eigenvalue weighted by atomic mass is 16.5. The largest absolute Gasteiger partial charge is 0.479 e. The van der Waals surface area contributed by atoms with Crippen LogP contribution in [-0.4, -0.2) is 34.6 Å². The van der Waals surface area contributed by atoms with Crippen LogP contribution in [0.15, 0.2) is 24.4 Å². The van der Waals surface area contributed by atoms with Crippen molar-refractivity contribution in [1.82, 2.24) is 10.3 Å². The number of amides is 1. The summed E-state index contributed by atoms with van der Waals surface area (Å²) in [6.45, 7) is 4.02. The number of nitrogens with zero attached hydrogens (tertiary/aromatic N) is 1. The summed E-state index contributed by atoms with van der Waals surface area (Å²) in [7, 11) is 0. The molecule has 1 rings (SSSR count). The molecule has 1 aromatic heterocycles. The lowest BCUT2D eigenvalue weighted by atomic mass is 10.3. The van der Waals surface area contributed by atoms with Gasteiger partial charge in [0.15, 0.2) is 6.10 Å². The number of carboxylic acid groups (broad SMARTS) is 1. The van der Waals surface area contributed by atoms with Crippen molar-refractivity contribution in [1.29, 1.82) is 0 Å². The molecular weight excluding hydrogens is 248 g/mol. The first-order valence-corrected chi connectivity index (χ1v) is 5.84. The smallest absolute Gasteiger partial charge is 0.328 e. The van der Waals surface area contributed by atoms with Gasteiger partial charge in [-0.15, -0.1) is 0 Å². The fourth-order valence-corrected chi connectivity index (χ4v) is 1.29. The van der Waals surface area contributed by atoms with Gasteiger partial charge in [0.05, 0.1) is 11.9 Å². The number of hydrogen-bond donors (Lipinski definition) is 2. The number of nitrogens with one attached hydrogen (secondary N) is 1. The standard InChI is InChI=1S/C13H16N2O4/c1-3-14-13(18)9(2)19-11-6-4-10(15-8-11)5-7-12(16)17/h4-9H,3H2,1-2H3,(H,14,18)(H,16,17). The van der Waals surface area contributed by atoms with Crippen LogP contribution < -0.4 is 10.1 Å². The van der Waals surface area contributed by atoms with Crippen molar-refractivity contribution in [3.63, 3.8) is 0 Å². The Hall–Kier alpha value is -2.37. The van der Waals surface area contributed by atoms with Crippen molar-refractivity contribution in [2.45, 2.75) is 20.0 Å². The molecule has 0 bridgehead atoms. The number of carbonyl (C=O) groups excluding carboxylic acids is 1. The maximum Gasteiger partial charge on any atom is 0.328 e. The van der Waals surface area contributed by atoms with Crippen molar-refractivity contribution in [2.75, 3.05) is 6.54 Å². The molecular formula is C13H16N2O4. The van der Waals surface area contributed by atoms with Gasteiger partial charge < -0.3 is 15.2 Å². The fourth-order valence-electron chi connectivity index (χ4n) is 1.29. The van der Waals surface area contributed by atoms with Gasteiger partial charge in [0.1, 0.15) is 5.75 Å². The number of aromatic nitrogens is 1. The van der Waals surface area contributed by atoms with E-state index in [1.807, 2.05) is 6.92 Å². The van der Waals surface area contributed by atoms with Gasteiger partial charge in [-0.1, -0.05) is 0 Å². The second-order valence-electron chi connectivity index (χ2n) is 3.74. The van der Waals surface area contributed by atoms with E-state index < -0.39 is 12.1 Å². The minimum absolute atomic E-state index is 0.197. The molecule has 0 radical (unpaired) electrons. The van der Waals surface area contributed by atoms with E-state index in [4.69, 9.17) is 9.84 Å². The molecule has 0 spiro atoms. The SMILES string of the molecule is CCNC(=O)C(C)Oc1ccc(C=CC(=O)O)nc1. The van der Waals surface area contributed by atoms with E-state index in [1.54, 1.807) is 19.1 Å². The number of carbonyl (C=O) groups is 2. The monoisotopic (exact) mass is 264 g/mol. The van der Waals surface area contributed by atoms with Crippen LogP contribution in [0.2, 0.25) is 0 Å². The second-order valence-corrected chi connectivity index (χ2v) is 3.74. The quantitative estimate of drug-likeness (QED) is 0.751. The summed E-state index contributed by atoms with van der Waals surface area (Å²) in [5, 5.41) is 11.1. The van der Waals surface area contributed by atoms with Gasteiger partial charge in [-0.05, 0) is 32.1 Å². The number of rotatable bonds is 6. The molecule has 0 aliphatic heterocycles. The summed E-state index contributed by atoms with van der Waals surface area (Å²) < 4.78 is 5.39. The average molecular weight is 264 g/mol. The molecule has 1 atom stereocenters. The Morgan fingerprint density at radius 3 is 2.79 bits per heavy atom. The van der Waals surface area contributed by atoms with Gasteiger partial charge in [-0.3, -0.25) is 9.78 Å². The van der Waals surface area contributed by atoms with Gasteiger partial charge in [0.25, 0.3) is 5.91 Å². The lowest BCUT2D eigenvalue weighted by molar-refractivity contribution is -0.131. The molecule has 1 amide bonds. The van der Waals surface area contributed by atoms with Crippen LogP contribution in [0.1, 0.15) is 19.5 Å². The Balaban J connectivity index is 2.61. The minimum Gasteiger partial charge on any atom is -0.479 e. The Labute approximate surface area is 111 Å². The van der Waals surface area contributed by atoms with E-state index in [0.717, 1.165) is 6.08 Å². The summed E-state index contributed by atoms with van der Waals surface area (Å²) in [5.41, 5.74) is 0.500. The Morgan fingerprint density at radius 2 is 2.26 bits per heavy atom. The average Bonchev–Trinajstić information content (AvgIpc) is 2.38. The van der Waals surface area contributed by atoms with Crippen LogP contribution in [0.5, 0.6) is 5.75 Å². The molecule has 6 heteroatoms. The molecule has 0 aliphatic rings. The highest BCUT2D eigenvalue weighted by Crippen LogP contribution is 2.12. The van der Waals surface area contributed by atoms with E-state index in [-0.39, 0.29) is 5.91 Å². The Morgan fingerprint density at radius 1 is 1.53 bits per heavy atom. The Kier molecular flexibility index (Phi) is 5.53. The zero-order valence-electron chi connectivity index (χ0n) is 10.8. The Bertz CT molecular complexity index is 468. The van der Waals surface area contributed by atoms with Crippen molar-refractivity contribution < 1.29 is 19.4 Å². The number of pyridine rings is 1. The van der Waals surface area contributed by atoms with Gasteiger partial charge in [-0.25, -0.2) is 4.79 Å². The van der Waals surface area contributed by atoms with Crippen LogP contribution in [0.4, 0.5) is 0 Å². The normalized spacial score (nSPS) is 12.1. The highest BCUT2D eigenvalue weighted by Gasteiger charge is 2.13.